The second kappa shape index (κ2) is 6.05. The number of hydrogen-bond acceptors (Lipinski definition) is 4. The van der Waals surface area contributed by atoms with Crippen LogP contribution in [0.1, 0.15) is 5.89 Å². The molecule has 0 aliphatic rings. The van der Waals surface area contributed by atoms with E-state index in [4.69, 9.17) is 9.15 Å². The Morgan fingerprint density at radius 3 is 2.57 bits per heavy atom. The minimum Gasteiger partial charge on any atom is -0.481 e. The third-order valence-corrected chi connectivity index (χ3v) is 3.27. The Hall–Kier alpha value is -2.21. The van der Waals surface area contributed by atoms with Crippen molar-refractivity contribution in [3.63, 3.8) is 0 Å². The van der Waals surface area contributed by atoms with E-state index in [1.807, 2.05) is 24.3 Å². The average Bonchev–Trinajstić information content (AvgIpc) is 2.96. The number of ether oxygens (including phenoxy) is 1. The lowest BCUT2D eigenvalue weighted by molar-refractivity contribution is 0.253. The highest BCUT2D eigenvalue weighted by Gasteiger charge is 2.10. The number of rotatable bonds is 4. The van der Waals surface area contributed by atoms with E-state index in [2.05, 4.69) is 26.1 Å². The summed E-state index contributed by atoms with van der Waals surface area (Å²) in [5.74, 6) is 0.414. The molecule has 3 aromatic rings. The molecule has 21 heavy (non-hydrogen) atoms. The van der Waals surface area contributed by atoms with Gasteiger partial charge in [-0.1, -0.05) is 28.1 Å². The van der Waals surface area contributed by atoms with E-state index in [-0.39, 0.29) is 18.2 Å². The maximum Gasteiger partial charge on any atom is 0.254 e. The molecule has 2 aromatic carbocycles. The van der Waals surface area contributed by atoms with Gasteiger partial charge in [0.05, 0.1) is 0 Å². The summed E-state index contributed by atoms with van der Waals surface area (Å²) in [6.07, 6.45) is 0. The maximum atomic E-state index is 13.4. The Balaban J connectivity index is 1.71. The van der Waals surface area contributed by atoms with Gasteiger partial charge in [-0.05, 0) is 36.4 Å². The lowest BCUT2D eigenvalue weighted by atomic mass is 10.2. The van der Waals surface area contributed by atoms with E-state index in [0.717, 1.165) is 10.0 Å². The fourth-order valence-electron chi connectivity index (χ4n) is 1.72. The molecule has 0 N–H and O–H groups in total. The van der Waals surface area contributed by atoms with Crippen molar-refractivity contribution in [3.05, 3.63) is 64.7 Å². The van der Waals surface area contributed by atoms with Gasteiger partial charge in [0, 0.05) is 10.0 Å². The van der Waals surface area contributed by atoms with Crippen LogP contribution in [0.4, 0.5) is 4.39 Å². The quantitative estimate of drug-likeness (QED) is 0.708. The van der Waals surface area contributed by atoms with E-state index >= 15 is 0 Å². The van der Waals surface area contributed by atoms with E-state index in [1.165, 1.54) is 6.07 Å². The first-order valence-corrected chi connectivity index (χ1v) is 6.97. The fourth-order valence-corrected chi connectivity index (χ4v) is 1.99. The van der Waals surface area contributed by atoms with Gasteiger partial charge >= 0.3 is 0 Å². The topological polar surface area (TPSA) is 48.2 Å². The number of hydrogen-bond donors (Lipinski definition) is 0. The van der Waals surface area contributed by atoms with E-state index in [9.17, 15) is 4.39 Å². The molecule has 0 aliphatic heterocycles. The van der Waals surface area contributed by atoms with Gasteiger partial charge in [0.25, 0.3) is 5.89 Å². The highest BCUT2D eigenvalue weighted by Crippen LogP contribution is 2.21. The molecule has 1 aromatic heterocycles. The van der Waals surface area contributed by atoms with Crippen LogP contribution in [0.15, 0.2) is 57.4 Å². The standard InChI is InChI=1S/C15H10BrFN2O2/c16-11-7-5-10(6-8-11)15-19-18-14(21-15)9-20-13-4-2-1-3-12(13)17/h1-8H,9H2. The van der Waals surface area contributed by atoms with Crippen molar-refractivity contribution in [2.24, 2.45) is 0 Å². The van der Waals surface area contributed by atoms with Gasteiger partial charge in [0.1, 0.15) is 0 Å². The molecule has 0 atom stereocenters. The summed E-state index contributed by atoms with van der Waals surface area (Å²) in [5, 5.41) is 7.83. The van der Waals surface area contributed by atoms with Crippen LogP contribution < -0.4 is 4.74 Å². The van der Waals surface area contributed by atoms with Crippen molar-refractivity contribution in [2.45, 2.75) is 6.61 Å². The first kappa shape index (κ1) is 13.8. The Morgan fingerprint density at radius 1 is 1.05 bits per heavy atom. The van der Waals surface area contributed by atoms with Crippen LogP contribution in [0.3, 0.4) is 0 Å². The summed E-state index contributed by atoms with van der Waals surface area (Å²) >= 11 is 3.36. The number of nitrogens with zero attached hydrogens (tertiary/aromatic N) is 2. The van der Waals surface area contributed by atoms with Crippen molar-refractivity contribution in [3.8, 4) is 17.2 Å². The number of aromatic nitrogens is 2. The molecule has 0 spiro atoms. The highest BCUT2D eigenvalue weighted by atomic mass is 79.9. The van der Waals surface area contributed by atoms with Gasteiger partial charge < -0.3 is 9.15 Å². The fraction of sp³-hybridized carbons (Fsp3) is 0.0667. The highest BCUT2D eigenvalue weighted by molar-refractivity contribution is 9.10. The molecule has 0 saturated heterocycles. The molecule has 0 unspecified atom stereocenters. The van der Waals surface area contributed by atoms with E-state index in [0.29, 0.717) is 5.89 Å². The molecule has 0 bridgehead atoms. The van der Waals surface area contributed by atoms with Crippen LogP contribution in [-0.2, 0) is 6.61 Å². The van der Waals surface area contributed by atoms with Gasteiger partial charge in [0.2, 0.25) is 5.89 Å². The Kier molecular flexibility index (Phi) is 3.96. The summed E-state index contributed by atoms with van der Waals surface area (Å²) in [5.41, 5.74) is 0.808. The zero-order valence-electron chi connectivity index (χ0n) is 10.8. The summed E-state index contributed by atoms with van der Waals surface area (Å²) in [7, 11) is 0. The molecular formula is C15H10BrFN2O2. The second-order valence-electron chi connectivity index (χ2n) is 4.23. The lowest BCUT2D eigenvalue weighted by Crippen LogP contribution is -1.97. The Labute approximate surface area is 128 Å². The molecule has 0 amide bonds. The predicted octanol–water partition coefficient (Wildman–Crippen LogP) is 4.22. The number of para-hydroxylation sites is 1. The van der Waals surface area contributed by atoms with Crippen LogP contribution in [-0.4, -0.2) is 10.2 Å². The van der Waals surface area contributed by atoms with Crippen LogP contribution in [0, 0.1) is 5.82 Å². The molecule has 0 radical (unpaired) electrons. The zero-order chi connectivity index (χ0) is 14.7. The van der Waals surface area contributed by atoms with Crippen LogP contribution in [0.2, 0.25) is 0 Å². The van der Waals surface area contributed by atoms with Crippen molar-refractivity contribution in [2.75, 3.05) is 0 Å². The smallest absolute Gasteiger partial charge is 0.254 e. The zero-order valence-corrected chi connectivity index (χ0v) is 12.4. The maximum absolute atomic E-state index is 13.4. The molecule has 1 heterocycles. The first-order chi connectivity index (χ1) is 10.2. The molecule has 106 valence electrons. The summed E-state index contributed by atoms with van der Waals surface area (Å²) < 4.78 is 25.2. The summed E-state index contributed by atoms with van der Waals surface area (Å²) in [4.78, 5) is 0. The minimum absolute atomic E-state index is 0.0183. The predicted molar refractivity (Wildman–Crippen MR) is 78.2 cm³/mol. The normalized spacial score (nSPS) is 10.6. The van der Waals surface area contributed by atoms with Crippen molar-refractivity contribution >= 4 is 15.9 Å². The Bertz CT molecular complexity index is 743. The first-order valence-electron chi connectivity index (χ1n) is 6.18. The SMILES string of the molecule is Fc1ccccc1OCc1nnc(-c2ccc(Br)cc2)o1. The Morgan fingerprint density at radius 2 is 1.81 bits per heavy atom. The number of benzene rings is 2. The molecule has 4 nitrogen and oxygen atoms in total. The van der Waals surface area contributed by atoms with Crippen molar-refractivity contribution in [1.29, 1.82) is 0 Å². The van der Waals surface area contributed by atoms with Crippen LogP contribution in [0.5, 0.6) is 5.75 Å². The lowest BCUT2D eigenvalue weighted by Gasteiger charge is -2.03. The van der Waals surface area contributed by atoms with E-state index in [1.54, 1.807) is 18.2 Å². The van der Waals surface area contributed by atoms with E-state index < -0.39 is 5.82 Å². The van der Waals surface area contributed by atoms with Gasteiger partial charge in [-0.25, -0.2) is 4.39 Å². The monoisotopic (exact) mass is 348 g/mol. The molecule has 0 fully saturated rings. The molecular weight excluding hydrogens is 339 g/mol. The van der Waals surface area contributed by atoms with Crippen LogP contribution >= 0.6 is 15.9 Å². The summed E-state index contributed by atoms with van der Waals surface area (Å²) in [6.45, 7) is 0.0183. The van der Waals surface area contributed by atoms with Gasteiger partial charge in [-0.15, -0.1) is 10.2 Å². The minimum atomic E-state index is -0.426. The molecule has 6 heteroatoms. The van der Waals surface area contributed by atoms with Gasteiger partial charge in [0.15, 0.2) is 18.2 Å². The second-order valence-corrected chi connectivity index (χ2v) is 5.14. The third kappa shape index (κ3) is 3.28. The van der Waals surface area contributed by atoms with Crippen molar-refractivity contribution in [1.82, 2.24) is 10.2 Å². The number of halogens is 2. The summed E-state index contributed by atoms with van der Waals surface area (Å²) in [6, 6.07) is 13.7. The van der Waals surface area contributed by atoms with Gasteiger partial charge in [-0.3, -0.25) is 0 Å². The third-order valence-electron chi connectivity index (χ3n) is 2.75. The average molecular weight is 349 g/mol. The molecule has 0 aliphatic carbocycles. The molecule has 3 rings (SSSR count). The van der Waals surface area contributed by atoms with Crippen LogP contribution in [0.25, 0.3) is 11.5 Å². The van der Waals surface area contributed by atoms with Gasteiger partial charge in [-0.2, -0.15) is 0 Å². The largest absolute Gasteiger partial charge is 0.481 e. The van der Waals surface area contributed by atoms with Crippen molar-refractivity contribution < 1.29 is 13.5 Å². The molecule has 0 saturated carbocycles.